The summed E-state index contributed by atoms with van der Waals surface area (Å²) in [5.74, 6) is 0.496. The van der Waals surface area contributed by atoms with Crippen LogP contribution in [0.25, 0.3) is 5.69 Å². The Morgan fingerprint density at radius 2 is 1.93 bits per heavy atom. The van der Waals surface area contributed by atoms with Gasteiger partial charge in [-0.1, -0.05) is 11.6 Å². The molecule has 0 bridgehead atoms. The first-order valence-corrected chi connectivity index (χ1v) is 10.0. The smallest absolute Gasteiger partial charge is 0.257 e. The van der Waals surface area contributed by atoms with Crippen molar-refractivity contribution in [3.8, 4) is 5.69 Å². The molecule has 0 unspecified atom stereocenters. The number of nitrogens with one attached hydrogen (secondary N) is 2. The minimum atomic E-state index is -0.199. The fraction of sp³-hybridized carbons (Fsp3) is 0.227. The molecule has 3 aromatic rings. The van der Waals surface area contributed by atoms with Gasteiger partial charge in [-0.25, -0.2) is 4.98 Å². The summed E-state index contributed by atoms with van der Waals surface area (Å²) in [7, 11) is 0. The number of benzene rings is 1. The third-order valence-electron chi connectivity index (χ3n) is 5.13. The Morgan fingerprint density at radius 1 is 1.17 bits per heavy atom. The van der Waals surface area contributed by atoms with E-state index >= 15 is 0 Å². The van der Waals surface area contributed by atoms with Crippen LogP contribution in [-0.4, -0.2) is 41.0 Å². The first-order chi connectivity index (χ1) is 14.4. The van der Waals surface area contributed by atoms with Crippen LogP contribution in [0.5, 0.6) is 0 Å². The van der Waals surface area contributed by atoms with Crippen LogP contribution in [0.1, 0.15) is 21.7 Å². The lowest BCUT2D eigenvalue weighted by atomic mass is 10.2. The van der Waals surface area contributed by atoms with Crippen LogP contribution in [-0.2, 0) is 4.79 Å². The number of hydrogen-bond donors (Lipinski definition) is 2. The summed E-state index contributed by atoms with van der Waals surface area (Å²) in [5.41, 5.74) is 3.94. The van der Waals surface area contributed by atoms with Crippen molar-refractivity contribution in [3.05, 3.63) is 70.6 Å². The van der Waals surface area contributed by atoms with Crippen molar-refractivity contribution in [1.29, 1.82) is 0 Å². The summed E-state index contributed by atoms with van der Waals surface area (Å²) in [5, 5.41) is 6.36. The molecule has 2 aromatic heterocycles. The summed E-state index contributed by atoms with van der Waals surface area (Å²) in [4.78, 5) is 30.7. The van der Waals surface area contributed by atoms with Crippen molar-refractivity contribution in [3.63, 3.8) is 0 Å². The highest BCUT2D eigenvalue weighted by Gasteiger charge is 2.19. The highest BCUT2D eigenvalue weighted by molar-refractivity contribution is 6.30. The van der Waals surface area contributed by atoms with Crippen LogP contribution in [0.2, 0.25) is 5.02 Å². The molecule has 4 rings (SSSR count). The zero-order valence-electron chi connectivity index (χ0n) is 16.8. The third kappa shape index (κ3) is 4.02. The quantitative estimate of drug-likeness (QED) is 0.674. The van der Waals surface area contributed by atoms with Gasteiger partial charge in [-0.3, -0.25) is 9.59 Å². The number of rotatable bonds is 4. The number of aryl methyl sites for hydroxylation is 1. The predicted molar refractivity (Wildman–Crippen MR) is 118 cm³/mol. The van der Waals surface area contributed by atoms with Crippen LogP contribution < -0.4 is 15.5 Å². The highest BCUT2D eigenvalue weighted by Crippen LogP contribution is 2.23. The normalized spacial score (nSPS) is 13.8. The zero-order valence-corrected chi connectivity index (χ0v) is 17.5. The van der Waals surface area contributed by atoms with Crippen molar-refractivity contribution in [2.45, 2.75) is 13.8 Å². The SMILES string of the molecule is Cc1cc(C(=O)Nc2ccc(N3CCNC(=O)C3)nc2)c(C)n1-c1ccc(Cl)cc1. The fourth-order valence-corrected chi connectivity index (χ4v) is 3.79. The molecule has 2 N–H and O–H groups in total. The van der Waals surface area contributed by atoms with E-state index < -0.39 is 0 Å². The van der Waals surface area contributed by atoms with E-state index in [0.717, 1.165) is 17.1 Å². The Hall–Kier alpha value is -3.32. The molecule has 1 saturated heterocycles. The standard InChI is InChI=1S/C22H22ClN5O2/c1-14-11-19(15(2)28(14)18-6-3-16(23)4-7-18)22(30)26-17-5-8-20(25-12-17)27-10-9-24-21(29)13-27/h3-8,11-12H,9-10,13H2,1-2H3,(H,24,29)(H,26,30). The number of hydrogen-bond acceptors (Lipinski definition) is 4. The van der Waals surface area contributed by atoms with Gasteiger partial charge in [-0.05, 0) is 56.3 Å². The van der Waals surface area contributed by atoms with Crippen LogP contribution >= 0.6 is 11.6 Å². The lowest BCUT2D eigenvalue weighted by Crippen LogP contribution is -2.48. The molecule has 0 aliphatic carbocycles. The second-order valence-corrected chi connectivity index (χ2v) is 7.66. The summed E-state index contributed by atoms with van der Waals surface area (Å²) >= 11 is 5.99. The molecule has 1 aliphatic heterocycles. The first-order valence-electron chi connectivity index (χ1n) is 9.66. The van der Waals surface area contributed by atoms with Crippen LogP contribution in [0.4, 0.5) is 11.5 Å². The Morgan fingerprint density at radius 3 is 2.60 bits per heavy atom. The number of nitrogens with zero attached hydrogens (tertiary/aromatic N) is 3. The van der Waals surface area contributed by atoms with Gasteiger partial charge in [0.05, 0.1) is 24.0 Å². The van der Waals surface area contributed by atoms with Crippen LogP contribution in [0.3, 0.4) is 0 Å². The highest BCUT2D eigenvalue weighted by atomic mass is 35.5. The van der Waals surface area contributed by atoms with Gasteiger partial charge in [0.1, 0.15) is 5.82 Å². The molecule has 30 heavy (non-hydrogen) atoms. The number of pyridine rings is 1. The lowest BCUT2D eigenvalue weighted by Gasteiger charge is -2.27. The molecule has 2 amide bonds. The number of carbonyl (C=O) groups excluding carboxylic acids is 2. The number of aromatic nitrogens is 2. The molecule has 154 valence electrons. The number of piperazine rings is 1. The first kappa shape index (κ1) is 20.0. The Balaban J connectivity index is 1.51. The van der Waals surface area contributed by atoms with E-state index in [2.05, 4.69) is 15.6 Å². The molecule has 0 radical (unpaired) electrons. The van der Waals surface area contributed by atoms with Gasteiger partial charge >= 0.3 is 0 Å². The minimum absolute atomic E-state index is 0.0172. The van der Waals surface area contributed by atoms with Crippen LogP contribution in [0.15, 0.2) is 48.7 Å². The Bertz CT molecular complexity index is 1090. The maximum atomic E-state index is 12.9. The minimum Gasteiger partial charge on any atom is -0.353 e. The number of carbonyl (C=O) groups is 2. The topological polar surface area (TPSA) is 79.3 Å². The Labute approximate surface area is 179 Å². The molecule has 7 nitrogen and oxygen atoms in total. The molecule has 3 heterocycles. The van der Waals surface area contributed by atoms with Gasteiger partial charge in [-0.15, -0.1) is 0 Å². The van der Waals surface area contributed by atoms with Crippen molar-refractivity contribution >= 4 is 34.9 Å². The molecular formula is C22H22ClN5O2. The van der Waals surface area contributed by atoms with Gasteiger partial charge in [0, 0.05) is 35.2 Å². The second-order valence-electron chi connectivity index (χ2n) is 7.23. The molecular weight excluding hydrogens is 402 g/mol. The number of anilines is 2. The largest absolute Gasteiger partial charge is 0.353 e. The molecule has 0 saturated carbocycles. The summed E-state index contributed by atoms with van der Waals surface area (Å²) in [6.45, 7) is 5.47. The maximum absolute atomic E-state index is 12.9. The van der Waals surface area contributed by atoms with E-state index in [-0.39, 0.29) is 18.4 Å². The number of halogens is 1. The fourth-order valence-electron chi connectivity index (χ4n) is 3.66. The molecule has 0 atom stereocenters. The van der Waals surface area contributed by atoms with Gasteiger partial charge in [0.15, 0.2) is 0 Å². The van der Waals surface area contributed by atoms with Gasteiger partial charge < -0.3 is 20.1 Å². The molecule has 0 spiro atoms. The molecule has 1 aromatic carbocycles. The summed E-state index contributed by atoms with van der Waals surface area (Å²) in [6.07, 6.45) is 1.61. The molecule has 1 aliphatic rings. The van der Waals surface area contributed by atoms with Crippen molar-refractivity contribution in [1.82, 2.24) is 14.9 Å². The van der Waals surface area contributed by atoms with Crippen molar-refractivity contribution in [2.75, 3.05) is 29.9 Å². The van der Waals surface area contributed by atoms with Gasteiger partial charge in [-0.2, -0.15) is 0 Å². The van der Waals surface area contributed by atoms with E-state index in [0.29, 0.717) is 35.2 Å². The zero-order chi connectivity index (χ0) is 21.3. The van der Waals surface area contributed by atoms with E-state index in [1.165, 1.54) is 0 Å². The average Bonchev–Trinajstić information content (AvgIpc) is 3.03. The van der Waals surface area contributed by atoms with Crippen LogP contribution in [0, 0.1) is 13.8 Å². The second kappa shape index (κ2) is 8.20. The van der Waals surface area contributed by atoms with Crippen molar-refractivity contribution in [2.24, 2.45) is 0 Å². The van der Waals surface area contributed by atoms with E-state index in [1.807, 2.05) is 59.7 Å². The number of amides is 2. The van der Waals surface area contributed by atoms with Crippen molar-refractivity contribution < 1.29 is 9.59 Å². The van der Waals surface area contributed by atoms with Gasteiger partial charge in [0.25, 0.3) is 5.91 Å². The average molecular weight is 424 g/mol. The summed E-state index contributed by atoms with van der Waals surface area (Å²) in [6, 6.07) is 13.0. The monoisotopic (exact) mass is 423 g/mol. The maximum Gasteiger partial charge on any atom is 0.257 e. The third-order valence-corrected chi connectivity index (χ3v) is 5.38. The molecule has 1 fully saturated rings. The van der Waals surface area contributed by atoms with E-state index in [9.17, 15) is 9.59 Å². The summed E-state index contributed by atoms with van der Waals surface area (Å²) < 4.78 is 2.02. The lowest BCUT2D eigenvalue weighted by molar-refractivity contribution is -0.120. The predicted octanol–water partition coefficient (Wildman–Crippen LogP) is 3.33. The van der Waals surface area contributed by atoms with Gasteiger partial charge in [0.2, 0.25) is 5.91 Å². The van der Waals surface area contributed by atoms with E-state index in [4.69, 9.17) is 11.6 Å². The van der Waals surface area contributed by atoms with E-state index in [1.54, 1.807) is 12.3 Å². The molecule has 8 heteroatoms. The Kier molecular flexibility index (Phi) is 5.46.